The van der Waals surface area contributed by atoms with Gasteiger partial charge in [-0.2, -0.15) is 0 Å². The average molecular weight is 394 g/mol. The van der Waals surface area contributed by atoms with Crippen LogP contribution >= 0.6 is 0 Å². The molecule has 0 unspecified atom stereocenters. The molecule has 2 fully saturated rings. The van der Waals surface area contributed by atoms with Crippen LogP contribution in [0.4, 0.5) is 11.4 Å². The zero-order valence-electron chi connectivity index (χ0n) is 16.4. The lowest BCUT2D eigenvalue weighted by atomic mass is 10.1. The maximum Gasteiger partial charge on any atom is 0.255 e. The molecule has 0 spiro atoms. The molecule has 2 aliphatic rings. The highest BCUT2D eigenvalue weighted by molar-refractivity contribution is 5.96. The highest BCUT2D eigenvalue weighted by atomic mass is 16.2. The van der Waals surface area contributed by atoms with Gasteiger partial charge in [0.1, 0.15) is 0 Å². The van der Waals surface area contributed by atoms with Gasteiger partial charge in [-0.25, -0.2) is 0 Å². The molecule has 152 valence electrons. The molecule has 0 saturated carbocycles. The molecule has 0 bridgehead atoms. The first-order valence-corrected chi connectivity index (χ1v) is 9.97. The first-order valence-electron chi connectivity index (χ1n) is 9.97. The summed E-state index contributed by atoms with van der Waals surface area (Å²) in [6, 6.07) is 9.10. The largest absolute Gasteiger partial charge is 0.397 e. The van der Waals surface area contributed by atoms with Gasteiger partial charge in [0.15, 0.2) is 0 Å². The monoisotopic (exact) mass is 394 g/mol. The minimum absolute atomic E-state index is 0.00249. The number of rotatable bonds is 3. The molecule has 0 atom stereocenters. The Bertz CT molecular complexity index is 874. The first kappa shape index (κ1) is 19.2. The molecule has 8 heteroatoms. The van der Waals surface area contributed by atoms with E-state index in [1.165, 1.54) is 0 Å². The second kappa shape index (κ2) is 8.48. The van der Waals surface area contributed by atoms with Crippen LogP contribution in [0.15, 0.2) is 42.7 Å². The summed E-state index contributed by atoms with van der Waals surface area (Å²) in [4.78, 5) is 35.1. The lowest BCUT2D eigenvalue weighted by Crippen LogP contribution is -2.49. The fourth-order valence-corrected chi connectivity index (χ4v) is 3.85. The summed E-state index contributed by atoms with van der Waals surface area (Å²) < 4.78 is 0. The number of hydrogen-bond donors (Lipinski definition) is 2. The van der Waals surface area contributed by atoms with Gasteiger partial charge in [0, 0.05) is 70.3 Å². The van der Waals surface area contributed by atoms with Crippen LogP contribution in [0.3, 0.4) is 0 Å². The molecule has 4 rings (SSSR count). The van der Waals surface area contributed by atoms with Crippen molar-refractivity contribution in [3.05, 3.63) is 53.9 Å². The molecule has 29 heavy (non-hydrogen) atoms. The highest BCUT2D eigenvalue weighted by Crippen LogP contribution is 2.26. The predicted octanol–water partition coefficient (Wildman–Crippen LogP) is 0.672. The normalized spacial score (nSPS) is 17.3. The van der Waals surface area contributed by atoms with Crippen LogP contribution in [-0.2, 0) is 0 Å². The summed E-state index contributed by atoms with van der Waals surface area (Å²) >= 11 is 0. The summed E-state index contributed by atoms with van der Waals surface area (Å²) in [5.41, 5.74) is 9.03. The van der Waals surface area contributed by atoms with Crippen LogP contribution in [0.5, 0.6) is 0 Å². The zero-order valence-corrected chi connectivity index (χ0v) is 16.4. The van der Waals surface area contributed by atoms with E-state index in [0.29, 0.717) is 56.1 Å². The molecule has 0 aliphatic carbocycles. The number of nitrogens with zero attached hydrogens (tertiary/aromatic N) is 4. The minimum atomic E-state index is 0.00249. The summed E-state index contributed by atoms with van der Waals surface area (Å²) in [6.45, 7) is 5.70. The van der Waals surface area contributed by atoms with E-state index in [0.717, 1.165) is 18.8 Å². The second-order valence-corrected chi connectivity index (χ2v) is 7.34. The fourth-order valence-electron chi connectivity index (χ4n) is 3.85. The van der Waals surface area contributed by atoms with Crippen LogP contribution in [0.2, 0.25) is 0 Å². The Hall–Kier alpha value is -3.13. The molecule has 0 radical (unpaired) electrons. The Kier molecular flexibility index (Phi) is 5.62. The molecular formula is C21H26N6O2. The van der Waals surface area contributed by atoms with Crippen molar-refractivity contribution in [2.75, 3.05) is 63.0 Å². The SMILES string of the molecule is Nc1cc(C(=O)N2CCNCC2)ccc1N1CCN(C(=O)c2cccnc2)CC1. The number of nitrogens with one attached hydrogen (secondary N) is 1. The molecule has 3 N–H and O–H groups in total. The van der Waals surface area contributed by atoms with E-state index in [1.807, 2.05) is 21.9 Å². The van der Waals surface area contributed by atoms with Gasteiger partial charge in [0.05, 0.1) is 16.9 Å². The van der Waals surface area contributed by atoms with Crippen LogP contribution in [0.25, 0.3) is 0 Å². The zero-order chi connectivity index (χ0) is 20.2. The third-order valence-electron chi connectivity index (χ3n) is 5.49. The van der Waals surface area contributed by atoms with Gasteiger partial charge in [-0.1, -0.05) is 0 Å². The topological polar surface area (TPSA) is 94.8 Å². The van der Waals surface area contributed by atoms with Crippen molar-refractivity contribution in [1.82, 2.24) is 20.1 Å². The summed E-state index contributed by atoms with van der Waals surface area (Å²) in [6.07, 6.45) is 3.26. The molecule has 8 nitrogen and oxygen atoms in total. The number of amides is 2. The van der Waals surface area contributed by atoms with Crippen LogP contribution in [-0.4, -0.2) is 79.0 Å². The number of hydrogen-bond acceptors (Lipinski definition) is 6. The quantitative estimate of drug-likeness (QED) is 0.743. The molecular weight excluding hydrogens is 368 g/mol. The fraction of sp³-hybridized carbons (Fsp3) is 0.381. The number of piperazine rings is 2. The Labute approximate surface area is 170 Å². The van der Waals surface area contributed by atoms with Crippen LogP contribution in [0.1, 0.15) is 20.7 Å². The number of carbonyl (C=O) groups is 2. The van der Waals surface area contributed by atoms with Gasteiger partial charge < -0.3 is 25.8 Å². The van der Waals surface area contributed by atoms with Crippen molar-refractivity contribution in [2.45, 2.75) is 0 Å². The van der Waals surface area contributed by atoms with Gasteiger partial charge >= 0.3 is 0 Å². The molecule has 2 aromatic rings. The number of aromatic nitrogens is 1. The van der Waals surface area contributed by atoms with E-state index in [2.05, 4.69) is 15.2 Å². The second-order valence-electron chi connectivity index (χ2n) is 7.34. The standard InChI is InChI=1S/C21H26N6O2/c22-18-14-16(20(28)26-8-6-23-7-9-26)3-4-19(18)25-10-12-27(13-11-25)21(29)17-2-1-5-24-15-17/h1-5,14-15,23H,6-13,22H2. The molecule has 2 aliphatic heterocycles. The number of nitrogen functional groups attached to an aromatic ring is 1. The van der Waals surface area contributed by atoms with Gasteiger partial charge in [-0.3, -0.25) is 14.6 Å². The van der Waals surface area contributed by atoms with E-state index >= 15 is 0 Å². The molecule has 2 saturated heterocycles. The first-order chi connectivity index (χ1) is 14.1. The third kappa shape index (κ3) is 4.17. The minimum Gasteiger partial charge on any atom is -0.397 e. The van der Waals surface area contributed by atoms with Gasteiger partial charge in [-0.05, 0) is 30.3 Å². The average Bonchev–Trinajstić information content (AvgIpc) is 2.79. The number of benzene rings is 1. The van der Waals surface area contributed by atoms with Crippen molar-refractivity contribution in [2.24, 2.45) is 0 Å². The van der Waals surface area contributed by atoms with Gasteiger partial charge in [0.2, 0.25) is 0 Å². The van der Waals surface area contributed by atoms with E-state index < -0.39 is 0 Å². The smallest absolute Gasteiger partial charge is 0.255 e. The van der Waals surface area contributed by atoms with Gasteiger partial charge in [0.25, 0.3) is 11.8 Å². The van der Waals surface area contributed by atoms with E-state index in [-0.39, 0.29) is 11.8 Å². The van der Waals surface area contributed by atoms with Crippen molar-refractivity contribution >= 4 is 23.2 Å². The summed E-state index contributed by atoms with van der Waals surface area (Å²) in [5, 5.41) is 3.25. The summed E-state index contributed by atoms with van der Waals surface area (Å²) in [7, 11) is 0. The number of nitrogens with two attached hydrogens (primary N) is 1. The Morgan fingerprint density at radius 3 is 2.24 bits per heavy atom. The van der Waals surface area contributed by atoms with Gasteiger partial charge in [-0.15, -0.1) is 0 Å². The van der Waals surface area contributed by atoms with Crippen molar-refractivity contribution < 1.29 is 9.59 Å². The maximum absolute atomic E-state index is 12.7. The molecule has 3 heterocycles. The van der Waals surface area contributed by atoms with Crippen molar-refractivity contribution in [3.8, 4) is 0 Å². The number of pyridine rings is 1. The summed E-state index contributed by atoms with van der Waals surface area (Å²) in [5.74, 6) is 0.0272. The van der Waals surface area contributed by atoms with E-state index in [4.69, 9.17) is 5.73 Å². The molecule has 1 aromatic carbocycles. The predicted molar refractivity (Wildman–Crippen MR) is 112 cm³/mol. The lowest BCUT2D eigenvalue weighted by Gasteiger charge is -2.36. The van der Waals surface area contributed by atoms with E-state index in [9.17, 15) is 9.59 Å². The molecule has 2 amide bonds. The lowest BCUT2D eigenvalue weighted by molar-refractivity contribution is 0.0731. The van der Waals surface area contributed by atoms with Crippen LogP contribution < -0.4 is 16.0 Å². The number of anilines is 2. The van der Waals surface area contributed by atoms with E-state index in [1.54, 1.807) is 30.6 Å². The maximum atomic E-state index is 12.7. The molecule has 1 aromatic heterocycles. The van der Waals surface area contributed by atoms with Crippen molar-refractivity contribution in [3.63, 3.8) is 0 Å². The highest BCUT2D eigenvalue weighted by Gasteiger charge is 2.24. The Morgan fingerprint density at radius 2 is 1.59 bits per heavy atom. The van der Waals surface area contributed by atoms with Crippen LogP contribution in [0, 0.1) is 0 Å². The third-order valence-corrected chi connectivity index (χ3v) is 5.49. The Morgan fingerprint density at radius 1 is 0.897 bits per heavy atom. The van der Waals surface area contributed by atoms with Crippen molar-refractivity contribution in [1.29, 1.82) is 0 Å². The number of carbonyl (C=O) groups excluding carboxylic acids is 2. The Balaban J connectivity index is 1.39.